The van der Waals surface area contributed by atoms with Crippen LogP contribution in [0.25, 0.3) is 11.1 Å². The van der Waals surface area contributed by atoms with Crippen molar-refractivity contribution < 1.29 is 19.0 Å². The third-order valence-corrected chi connectivity index (χ3v) is 2.87. The fourth-order valence-electron chi connectivity index (χ4n) is 1.98. The van der Waals surface area contributed by atoms with E-state index < -0.39 is 11.8 Å². The van der Waals surface area contributed by atoms with Gasteiger partial charge in [-0.25, -0.2) is 4.39 Å². The first-order valence-electron chi connectivity index (χ1n) is 6.33. The van der Waals surface area contributed by atoms with Crippen LogP contribution >= 0.6 is 0 Å². The molecule has 2 aromatic rings. The van der Waals surface area contributed by atoms with Crippen LogP contribution in [0.5, 0.6) is 5.75 Å². The van der Waals surface area contributed by atoms with Crippen molar-refractivity contribution in [2.75, 3.05) is 6.61 Å². The minimum absolute atomic E-state index is 0.178. The van der Waals surface area contributed by atoms with E-state index in [9.17, 15) is 9.18 Å². The fraction of sp³-hybridized carbons (Fsp3) is 0.188. The first-order valence-corrected chi connectivity index (χ1v) is 6.33. The Labute approximate surface area is 116 Å². The third kappa shape index (κ3) is 3.35. The van der Waals surface area contributed by atoms with E-state index in [0.717, 1.165) is 16.9 Å². The summed E-state index contributed by atoms with van der Waals surface area (Å²) in [5, 5.41) is 8.78. The van der Waals surface area contributed by atoms with E-state index in [4.69, 9.17) is 9.84 Å². The molecule has 2 aromatic carbocycles. The molecule has 3 nitrogen and oxygen atoms in total. The number of ether oxygens (including phenoxy) is 1. The summed E-state index contributed by atoms with van der Waals surface area (Å²) in [6.45, 7) is 2.46. The molecule has 0 aliphatic rings. The predicted molar refractivity (Wildman–Crippen MR) is 74.3 cm³/mol. The maximum atomic E-state index is 13.6. The molecule has 0 aliphatic carbocycles. The van der Waals surface area contributed by atoms with E-state index in [-0.39, 0.29) is 12.0 Å². The minimum Gasteiger partial charge on any atom is -0.494 e. The van der Waals surface area contributed by atoms with Gasteiger partial charge in [0, 0.05) is 0 Å². The van der Waals surface area contributed by atoms with E-state index >= 15 is 0 Å². The zero-order valence-electron chi connectivity index (χ0n) is 11.1. The van der Waals surface area contributed by atoms with Crippen LogP contribution in [0.4, 0.5) is 4.39 Å². The SMILES string of the molecule is CCOc1cccc(-c2ccc(F)c(CC(=O)O)c2)c1. The van der Waals surface area contributed by atoms with Crippen LogP contribution in [0.3, 0.4) is 0 Å². The summed E-state index contributed by atoms with van der Waals surface area (Å²) in [7, 11) is 0. The van der Waals surface area contributed by atoms with Gasteiger partial charge in [-0.2, -0.15) is 0 Å². The lowest BCUT2D eigenvalue weighted by Crippen LogP contribution is -2.02. The molecule has 104 valence electrons. The Bertz CT molecular complexity index is 623. The predicted octanol–water partition coefficient (Wildman–Crippen LogP) is 3.52. The zero-order valence-corrected chi connectivity index (χ0v) is 11.1. The lowest BCUT2D eigenvalue weighted by molar-refractivity contribution is -0.136. The molecule has 0 amide bonds. The second-order valence-corrected chi connectivity index (χ2v) is 4.34. The van der Waals surface area contributed by atoms with Crippen molar-refractivity contribution in [2.45, 2.75) is 13.3 Å². The summed E-state index contributed by atoms with van der Waals surface area (Å²) < 4.78 is 19.0. The largest absolute Gasteiger partial charge is 0.494 e. The number of hydrogen-bond acceptors (Lipinski definition) is 2. The average Bonchev–Trinajstić information content (AvgIpc) is 2.41. The van der Waals surface area contributed by atoms with Crippen molar-refractivity contribution in [3.05, 3.63) is 53.8 Å². The number of rotatable bonds is 5. The van der Waals surface area contributed by atoms with Gasteiger partial charge in [-0.1, -0.05) is 18.2 Å². The van der Waals surface area contributed by atoms with Gasteiger partial charge in [-0.05, 0) is 47.9 Å². The van der Waals surface area contributed by atoms with Gasteiger partial charge in [0.2, 0.25) is 0 Å². The summed E-state index contributed by atoms with van der Waals surface area (Å²) in [5.74, 6) is -0.824. The summed E-state index contributed by atoms with van der Waals surface area (Å²) in [6, 6.07) is 11.9. The second-order valence-electron chi connectivity index (χ2n) is 4.34. The number of carboxylic acids is 1. The molecule has 2 rings (SSSR count). The number of benzene rings is 2. The van der Waals surface area contributed by atoms with Gasteiger partial charge in [0.15, 0.2) is 0 Å². The number of carbonyl (C=O) groups is 1. The Hall–Kier alpha value is -2.36. The molecule has 0 unspecified atom stereocenters. The topological polar surface area (TPSA) is 46.5 Å². The van der Waals surface area contributed by atoms with Gasteiger partial charge in [0.1, 0.15) is 11.6 Å². The molecule has 0 spiro atoms. The standard InChI is InChI=1S/C16H15FO3/c1-2-20-14-5-3-4-11(9-14)12-6-7-15(17)13(8-12)10-16(18)19/h3-9H,2,10H2,1H3,(H,18,19). The fourth-order valence-corrected chi connectivity index (χ4v) is 1.98. The summed E-state index contributed by atoms with van der Waals surface area (Å²) >= 11 is 0. The first-order chi connectivity index (χ1) is 9.60. The van der Waals surface area contributed by atoms with E-state index in [0.29, 0.717) is 6.61 Å². The van der Waals surface area contributed by atoms with Crippen molar-refractivity contribution in [1.29, 1.82) is 0 Å². The highest BCUT2D eigenvalue weighted by atomic mass is 19.1. The molecular weight excluding hydrogens is 259 g/mol. The van der Waals surface area contributed by atoms with E-state index in [1.54, 1.807) is 12.1 Å². The number of hydrogen-bond donors (Lipinski definition) is 1. The number of carboxylic acid groups (broad SMARTS) is 1. The zero-order chi connectivity index (χ0) is 14.5. The van der Waals surface area contributed by atoms with Crippen molar-refractivity contribution in [3.63, 3.8) is 0 Å². The maximum Gasteiger partial charge on any atom is 0.307 e. The molecular formula is C16H15FO3. The van der Waals surface area contributed by atoms with E-state index in [1.165, 1.54) is 6.07 Å². The van der Waals surface area contributed by atoms with Crippen LogP contribution in [0, 0.1) is 5.82 Å². The quantitative estimate of drug-likeness (QED) is 0.907. The van der Waals surface area contributed by atoms with Crippen LogP contribution in [0.1, 0.15) is 12.5 Å². The maximum absolute atomic E-state index is 13.6. The van der Waals surface area contributed by atoms with Gasteiger partial charge in [-0.15, -0.1) is 0 Å². The molecule has 0 atom stereocenters. The van der Waals surface area contributed by atoms with Crippen molar-refractivity contribution in [2.24, 2.45) is 0 Å². The molecule has 0 bridgehead atoms. The molecule has 0 aliphatic heterocycles. The summed E-state index contributed by atoms with van der Waals surface area (Å²) in [6.07, 6.45) is -0.329. The highest BCUT2D eigenvalue weighted by molar-refractivity contribution is 5.72. The monoisotopic (exact) mass is 274 g/mol. The van der Waals surface area contributed by atoms with Crippen LogP contribution in [0.2, 0.25) is 0 Å². The lowest BCUT2D eigenvalue weighted by Gasteiger charge is -2.08. The number of halogens is 1. The van der Waals surface area contributed by atoms with E-state index in [1.807, 2.05) is 31.2 Å². The van der Waals surface area contributed by atoms with Gasteiger partial charge < -0.3 is 9.84 Å². The Kier molecular flexibility index (Phi) is 4.35. The van der Waals surface area contributed by atoms with Crippen molar-refractivity contribution >= 4 is 5.97 Å². The molecule has 0 radical (unpaired) electrons. The van der Waals surface area contributed by atoms with Crippen molar-refractivity contribution in [3.8, 4) is 16.9 Å². The molecule has 0 fully saturated rings. The normalized spacial score (nSPS) is 10.3. The molecule has 1 N–H and O–H groups in total. The Balaban J connectivity index is 2.37. The lowest BCUT2D eigenvalue weighted by atomic mass is 10.0. The van der Waals surface area contributed by atoms with Gasteiger partial charge >= 0.3 is 5.97 Å². The molecule has 0 aromatic heterocycles. The highest BCUT2D eigenvalue weighted by Crippen LogP contribution is 2.26. The Morgan fingerprint density at radius 1 is 1.20 bits per heavy atom. The van der Waals surface area contributed by atoms with E-state index in [2.05, 4.69) is 0 Å². The van der Waals surface area contributed by atoms with Crippen LogP contribution in [-0.2, 0) is 11.2 Å². The summed E-state index contributed by atoms with van der Waals surface area (Å²) in [5.41, 5.74) is 1.81. The van der Waals surface area contributed by atoms with Gasteiger partial charge in [0.05, 0.1) is 13.0 Å². The highest BCUT2D eigenvalue weighted by Gasteiger charge is 2.09. The average molecular weight is 274 g/mol. The molecule has 20 heavy (non-hydrogen) atoms. The van der Waals surface area contributed by atoms with Crippen LogP contribution in [-0.4, -0.2) is 17.7 Å². The number of aliphatic carboxylic acids is 1. The Morgan fingerprint density at radius 2 is 1.95 bits per heavy atom. The van der Waals surface area contributed by atoms with Crippen LogP contribution < -0.4 is 4.74 Å². The Morgan fingerprint density at radius 3 is 2.65 bits per heavy atom. The molecule has 0 saturated heterocycles. The third-order valence-electron chi connectivity index (χ3n) is 2.87. The molecule has 0 heterocycles. The van der Waals surface area contributed by atoms with Crippen molar-refractivity contribution in [1.82, 2.24) is 0 Å². The first kappa shape index (κ1) is 14.1. The van der Waals surface area contributed by atoms with Gasteiger partial charge in [0.25, 0.3) is 0 Å². The smallest absolute Gasteiger partial charge is 0.307 e. The summed E-state index contributed by atoms with van der Waals surface area (Å²) in [4.78, 5) is 10.7. The van der Waals surface area contributed by atoms with Gasteiger partial charge in [-0.3, -0.25) is 4.79 Å². The van der Waals surface area contributed by atoms with Crippen LogP contribution in [0.15, 0.2) is 42.5 Å². The minimum atomic E-state index is -1.05. The molecule has 4 heteroatoms. The second kappa shape index (κ2) is 6.19. The molecule has 0 saturated carbocycles.